The lowest BCUT2D eigenvalue weighted by Gasteiger charge is -2.11. The molecule has 0 spiro atoms. The predicted molar refractivity (Wildman–Crippen MR) is 108 cm³/mol. The van der Waals surface area contributed by atoms with Gasteiger partial charge in [0.2, 0.25) is 0 Å². The van der Waals surface area contributed by atoms with E-state index in [-0.39, 0.29) is 5.75 Å². The summed E-state index contributed by atoms with van der Waals surface area (Å²) in [6.07, 6.45) is 1.24. The Hall–Kier alpha value is -2.32. The van der Waals surface area contributed by atoms with Crippen molar-refractivity contribution >= 4 is 21.6 Å². The highest BCUT2D eigenvalue weighted by atomic mass is 32.2. The van der Waals surface area contributed by atoms with Gasteiger partial charge in [0, 0.05) is 23.3 Å². The van der Waals surface area contributed by atoms with Crippen LogP contribution in [0.15, 0.2) is 59.8 Å². The van der Waals surface area contributed by atoms with Gasteiger partial charge < -0.3 is 4.74 Å². The van der Waals surface area contributed by atoms with Crippen LogP contribution in [0.2, 0.25) is 0 Å². The van der Waals surface area contributed by atoms with Crippen LogP contribution in [0.4, 0.5) is 0 Å². The van der Waals surface area contributed by atoms with Gasteiger partial charge in [-0.1, -0.05) is 42.1 Å². The zero-order chi connectivity index (χ0) is 19.3. The highest BCUT2D eigenvalue weighted by Crippen LogP contribution is 2.28. The third kappa shape index (κ3) is 5.11. The largest absolute Gasteiger partial charge is 0.494 e. The van der Waals surface area contributed by atoms with E-state index in [1.54, 1.807) is 0 Å². The summed E-state index contributed by atoms with van der Waals surface area (Å²) in [4.78, 5) is 0. The molecule has 0 N–H and O–H groups in total. The fourth-order valence-corrected chi connectivity index (χ4v) is 4.66. The van der Waals surface area contributed by atoms with Crippen molar-refractivity contribution in [2.24, 2.45) is 0 Å². The van der Waals surface area contributed by atoms with Gasteiger partial charge in [-0.05, 0) is 31.2 Å². The molecule has 0 fully saturated rings. The summed E-state index contributed by atoms with van der Waals surface area (Å²) in [5, 5.41) is 9.30. The number of thioether (sulfide) groups is 1. The minimum atomic E-state index is -3.02. The van der Waals surface area contributed by atoms with Crippen LogP contribution in [0, 0.1) is 0 Å². The first-order valence-electron chi connectivity index (χ1n) is 8.52. The van der Waals surface area contributed by atoms with Gasteiger partial charge >= 0.3 is 0 Å². The molecule has 0 amide bonds. The molecule has 1 aromatic heterocycles. The Labute approximate surface area is 163 Å². The van der Waals surface area contributed by atoms with Gasteiger partial charge in [0.25, 0.3) is 0 Å². The molecule has 0 bridgehead atoms. The molecule has 27 heavy (non-hydrogen) atoms. The van der Waals surface area contributed by atoms with Crippen LogP contribution in [0.1, 0.15) is 6.92 Å². The number of nitrogens with zero attached hydrogens (tertiary/aromatic N) is 3. The Morgan fingerprint density at radius 1 is 1.04 bits per heavy atom. The minimum Gasteiger partial charge on any atom is -0.494 e. The van der Waals surface area contributed by atoms with Crippen LogP contribution in [0.5, 0.6) is 5.75 Å². The summed E-state index contributed by atoms with van der Waals surface area (Å²) in [5.74, 6) is 2.01. The maximum absolute atomic E-state index is 11.4. The van der Waals surface area contributed by atoms with Crippen molar-refractivity contribution < 1.29 is 13.2 Å². The maximum Gasteiger partial charge on any atom is 0.196 e. The van der Waals surface area contributed by atoms with E-state index < -0.39 is 9.84 Å². The van der Waals surface area contributed by atoms with E-state index in [2.05, 4.69) is 10.2 Å². The first-order chi connectivity index (χ1) is 13.0. The van der Waals surface area contributed by atoms with Gasteiger partial charge in [-0.2, -0.15) is 0 Å². The molecule has 0 aliphatic rings. The third-order valence-electron chi connectivity index (χ3n) is 3.76. The van der Waals surface area contributed by atoms with Crippen LogP contribution >= 0.6 is 11.8 Å². The molecule has 0 radical (unpaired) electrons. The van der Waals surface area contributed by atoms with Gasteiger partial charge in [-0.3, -0.25) is 4.57 Å². The highest BCUT2D eigenvalue weighted by Gasteiger charge is 2.16. The summed E-state index contributed by atoms with van der Waals surface area (Å²) < 4.78 is 30.3. The Kier molecular flexibility index (Phi) is 6.18. The van der Waals surface area contributed by atoms with Crippen LogP contribution in [0.25, 0.3) is 17.1 Å². The number of sulfone groups is 1. The van der Waals surface area contributed by atoms with Crippen LogP contribution in [0.3, 0.4) is 0 Å². The van der Waals surface area contributed by atoms with Crippen LogP contribution < -0.4 is 4.74 Å². The molecule has 0 aliphatic heterocycles. The van der Waals surface area contributed by atoms with E-state index in [0.717, 1.165) is 17.0 Å². The van der Waals surface area contributed by atoms with E-state index in [1.807, 2.05) is 66.1 Å². The first kappa shape index (κ1) is 19.4. The second-order valence-corrected chi connectivity index (χ2v) is 9.23. The summed E-state index contributed by atoms with van der Waals surface area (Å²) >= 11 is 1.38. The van der Waals surface area contributed by atoms with E-state index >= 15 is 0 Å². The average Bonchev–Trinajstić information content (AvgIpc) is 3.06. The molecular formula is C19H21N3O3S2. The molecule has 0 saturated carbocycles. The van der Waals surface area contributed by atoms with Crippen molar-refractivity contribution in [3.63, 3.8) is 0 Å². The van der Waals surface area contributed by atoms with Crippen molar-refractivity contribution in [3.8, 4) is 22.8 Å². The maximum atomic E-state index is 11.4. The van der Waals surface area contributed by atoms with Gasteiger partial charge in [0.05, 0.1) is 12.4 Å². The molecule has 3 aromatic rings. The van der Waals surface area contributed by atoms with Gasteiger partial charge in [-0.25, -0.2) is 8.42 Å². The van der Waals surface area contributed by atoms with Crippen molar-refractivity contribution in [2.45, 2.75) is 12.1 Å². The van der Waals surface area contributed by atoms with Crippen molar-refractivity contribution in [3.05, 3.63) is 54.6 Å². The lowest BCUT2D eigenvalue weighted by Crippen LogP contribution is -2.06. The van der Waals surface area contributed by atoms with E-state index in [1.165, 1.54) is 18.0 Å². The van der Waals surface area contributed by atoms with Crippen molar-refractivity contribution in [1.82, 2.24) is 14.8 Å². The normalized spacial score (nSPS) is 11.5. The number of hydrogen-bond donors (Lipinski definition) is 0. The SMILES string of the molecule is CCOc1ccc(-n2c(SCCS(C)(=O)=O)nnc2-c2ccccc2)cc1. The van der Waals surface area contributed by atoms with Gasteiger partial charge in [-0.15, -0.1) is 10.2 Å². The quantitative estimate of drug-likeness (QED) is 0.536. The van der Waals surface area contributed by atoms with E-state index in [4.69, 9.17) is 4.74 Å². The number of benzene rings is 2. The van der Waals surface area contributed by atoms with Crippen molar-refractivity contribution in [2.75, 3.05) is 24.4 Å². The second-order valence-electron chi connectivity index (χ2n) is 5.91. The monoisotopic (exact) mass is 403 g/mol. The average molecular weight is 404 g/mol. The standard InChI is InChI=1S/C19H21N3O3S2/c1-3-25-17-11-9-16(10-12-17)22-18(15-7-5-4-6-8-15)20-21-19(22)26-13-14-27(2,23)24/h4-12H,3,13-14H2,1-2H3. The van der Waals surface area contributed by atoms with Gasteiger partial charge in [0.15, 0.2) is 11.0 Å². The lowest BCUT2D eigenvalue weighted by molar-refractivity contribution is 0.340. The fourth-order valence-electron chi connectivity index (χ4n) is 2.51. The number of aromatic nitrogens is 3. The van der Waals surface area contributed by atoms with Gasteiger partial charge in [0.1, 0.15) is 15.6 Å². The lowest BCUT2D eigenvalue weighted by atomic mass is 10.2. The zero-order valence-corrected chi connectivity index (χ0v) is 16.8. The molecule has 8 heteroatoms. The Bertz CT molecular complexity index is 985. The summed E-state index contributed by atoms with van der Waals surface area (Å²) in [7, 11) is -3.02. The zero-order valence-electron chi connectivity index (χ0n) is 15.2. The van der Waals surface area contributed by atoms with E-state index in [9.17, 15) is 8.42 Å². The smallest absolute Gasteiger partial charge is 0.196 e. The number of ether oxygens (including phenoxy) is 1. The molecular weight excluding hydrogens is 382 g/mol. The van der Waals surface area contributed by atoms with Crippen molar-refractivity contribution in [1.29, 1.82) is 0 Å². The molecule has 6 nitrogen and oxygen atoms in total. The Morgan fingerprint density at radius 3 is 2.37 bits per heavy atom. The first-order valence-corrected chi connectivity index (χ1v) is 11.6. The number of rotatable bonds is 8. The molecule has 0 atom stereocenters. The molecule has 0 saturated heterocycles. The summed E-state index contributed by atoms with van der Waals surface area (Å²) in [6, 6.07) is 17.5. The molecule has 3 rings (SSSR count). The van der Waals surface area contributed by atoms with Crippen LogP contribution in [-0.4, -0.2) is 47.6 Å². The Balaban J connectivity index is 1.98. The third-order valence-corrected chi connectivity index (χ3v) is 5.89. The molecule has 0 aliphatic carbocycles. The highest BCUT2D eigenvalue weighted by molar-refractivity contribution is 8.00. The Morgan fingerprint density at radius 2 is 1.74 bits per heavy atom. The number of hydrogen-bond acceptors (Lipinski definition) is 6. The molecule has 142 valence electrons. The minimum absolute atomic E-state index is 0.0917. The van der Waals surface area contributed by atoms with Crippen LogP contribution in [-0.2, 0) is 9.84 Å². The second kappa shape index (κ2) is 8.58. The van der Waals surface area contributed by atoms with E-state index in [0.29, 0.717) is 23.3 Å². The summed E-state index contributed by atoms with van der Waals surface area (Å²) in [6.45, 7) is 2.55. The predicted octanol–water partition coefficient (Wildman–Crippen LogP) is 3.47. The molecule has 2 aromatic carbocycles. The fraction of sp³-hybridized carbons (Fsp3) is 0.263. The molecule has 0 unspecified atom stereocenters. The molecule has 1 heterocycles. The topological polar surface area (TPSA) is 74.1 Å². The summed E-state index contributed by atoms with van der Waals surface area (Å²) in [5.41, 5.74) is 1.83.